The summed E-state index contributed by atoms with van der Waals surface area (Å²) in [4.78, 5) is 11.7. The normalized spacial score (nSPS) is 13.9. The van der Waals surface area contributed by atoms with Crippen LogP contribution in [0.3, 0.4) is 0 Å². The van der Waals surface area contributed by atoms with Gasteiger partial charge in [-0.15, -0.1) is 0 Å². The number of carbonyl (C=O) groups is 1. The van der Waals surface area contributed by atoms with Gasteiger partial charge in [0.25, 0.3) is 0 Å². The Balaban J connectivity index is 2.54. The van der Waals surface area contributed by atoms with Crippen LogP contribution in [0, 0.1) is 6.92 Å². The van der Waals surface area contributed by atoms with Crippen LogP contribution >= 0.6 is 0 Å². The zero-order valence-electron chi connectivity index (χ0n) is 11.2. The molecule has 0 radical (unpaired) electrons. The lowest BCUT2D eigenvalue weighted by Gasteiger charge is -2.11. The first kappa shape index (κ1) is 14.9. The highest BCUT2D eigenvalue weighted by molar-refractivity contribution is 7.85. The van der Waals surface area contributed by atoms with Gasteiger partial charge in [0, 0.05) is 23.1 Å². The molecule has 0 aromatic heterocycles. The van der Waals surface area contributed by atoms with Gasteiger partial charge in [-0.1, -0.05) is 36.8 Å². The third kappa shape index (κ3) is 4.61. The van der Waals surface area contributed by atoms with Gasteiger partial charge in [-0.3, -0.25) is 9.00 Å². The number of hydrogen-bond acceptors (Lipinski definition) is 2. The highest BCUT2D eigenvalue weighted by Crippen LogP contribution is 2.09. The molecule has 1 aromatic carbocycles. The molecule has 4 heteroatoms. The number of carbonyl (C=O) groups excluding carboxylic acids is 1. The van der Waals surface area contributed by atoms with Gasteiger partial charge < -0.3 is 5.32 Å². The largest absolute Gasteiger partial charge is 0.355 e. The van der Waals surface area contributed by atoms with E-state index in [1.165, 1.54) is 5.56 Å². The van der Waals surface area contributed by atoms with Crippen LogP contribution in [0.25, 0.3) is 0 Å². The summed E-state index contributed by atoms with van der Waals surface area (Å²) >= 11 is 0. The van der Waals surface area contributed by atoms with E-state index in [2.05, 4.69) is 5.32 Å². The fourth-order valence-corrected chi connectivity index (χ4v) is 2.58. The van der Waals surface area contributed by atoms with Crippen molar-refractivity contribution in [2.75, 3.05) is 6.54 Å². The van der Waals surface area contributed by atoms with Gasteiger partial charge in [-0.25, -0.2) is 0 Å². The standard InChI is InChI=1S/C14H21NO2S/c1-4-9-15-14(16)12(3)18(17)10-13-7-5-11(2)6-8-13/h5-8,12H,4,9-10H2,1-3H3,(H,15,16)/t12-,18+/m0/s1. The third-order valence-corrected chi connectivity index (χ3v) is 4.36. The van der Waals surface area contributed by atoms with Gasteiger partial charge in [0.05, 0.1) is 0 Å². The van der Waals surface area contributed by atoms with E-state index in [0.29, 0.717) is 12.3 Å². The molecule has 0 aliphatic heterocycles. The van der Waals surface area contributed by atoms with Crippen LogP contribution in [0.5, 0.6) is 0 Å². The SMILES string of the molecule is CCCNC(=O)[C@H](C)[S@](=O)Cc1ccc(C)cc1. The lowest BCUT2D eigenvalue weighted by Crippen LogP contribution is -2.36. The van der Waals surface area contributed by atoms with E-state index >= 15 is 0 Å². The zero-order chi connectivity index (χ0) is 13.5. The average Bonchev–Trinajstić information content (AvgIpc) is 2.37. The van der Waals surface area contributed by atoms with E-state index < -0.39 is 16.0 Å². The third-order valence-electron chi connectivity index (χ3n) is 2.74. The first-order valence-corrected chi connectivity index (χ1v) is 7.63. The molecule has 1 rings (SSSR count). The van der Waals surface area contributed by atoms with Gasteiger partial charge in [0.15, 0.2) is 0 Å². The van der Waals surface area contributed by atoms with Crippen molar-refractivity contribution in [2.24, 2.45) is 0 Å². The minimum Gasteiger partial charge on any atom is -0.355 e. The highest BCUT2D eigenvalue weighted by Gasteiger charge is 2.19. The summed E-state index contributed by atoms with van der Waals surface area (Å²) in [6.07, 6.45) is 0.892. The molecule has 2 atom stereocenters. The van der Waals surface area contributed by atoms with Crippen molar-refractivity contribution in [3.05, 3.63) is 35.4 Å². The molecule has 18 heavy (non-hydrogen) atoms. The van der Waals surface area contributed by atoms with Gasteiger partial charge in [0.2, 0.25) is 5.91 Å². The van der Waals surface area contributed by atoms with Crippen LogP contribution < -0.4 is 5.32 Å². The molecular formula is C14H21NO2S. The molecule has 0 spiro atoms. The van der Waals surface area contributed by atoms with Gasteiger partial charge in [-0.05, 0) is 25.8 Å². The highest BCUT2D eigenvalue weighted by atomic mass is 32.2. The fourth-order valence-electron chi connectivity index (χ4n) is 1.48. The lowest BCUT2D eigenvalue weighted by molar-refractivity contribution is -0.120. The Kier molecular flexibility index (Phi) is 6.05. The number of hydrogen-bond donors (Lipinski definition) is 1. The summed E-state index contributed by atoms with van der Waals surface area (Å²) in [5, 5.41) is 2.32. The van der Waals surface area contributed by atoms with Crippen LogP contribution in [-0.2, 0) is 21.3 Å². The number of amides is 1. The Bertz CT molecular complexity index is 414. The van der Waals surface area contributed by atoms with Crippen molar-refractivity contribution in [2.45, 2.75) is 38.2 Å². The van der Waals surface area contributed by atoms with Crippen molar-refractivity contribution in [1.29, 1.82) is 0 Å². The molecule has 0 heterocycles. The summed E-state index contributed by atoms with van der Waals surface area (Å²) in [5.74, 6) is 0.309. The van der Waals surface area contributed by atoms with Crippen LogP contribution in [0.1, 0.15) is 31.4 Å². The predicted molar refractivity (Wildman–Crippen MR) is 75.8 cm³/mol. The van der Waals surface area contributed by atoms with E-state index in [1.54, 1.807) is 6.92 Å². The van der Waals surface area contributed by atoms with Crippen LogP contribution in [-0.4, -0.2) is 21.9 Å². The Morgan fingerprint density at radius 3 is 2.50 bits per heavy atom. The second-order valence-corrected chi connectivity index (χ2v) is 6.20. The maximum Gasteiger partial charge on any atom is 0.235 e. The molecule has 1 amide bonds. The van der Waals surface area contributed by atoms with Crippen molar-refractivity contribution >= 4 is 16.7 Å². The molecule has 100 valence electrons. The molecule has 1 aromatic rings. The molecule has 0 aliphatic carbocycles. The summed E-state index contributed by atoms with van der Waals surface area (Å²) in [6.45, 7) is 6.37. The Labute approximate surface area is 111 Å². The first-order valence-electron chi connectivity index (χ1n) is 6.25. The molecule has 0 unspecified atom stereocenters. The summed E-state index contributed by atoms with van der Waals surface area (Å²) in [5.41, 5.74) is 2.19. The Morgan fingerprint density at radius 1 is 1.33 bits per heavy atom. The quantitative estimate of drug-likeness (QED) is 0.858. The van der Waals surface area contributed by atoms with Crippen LogP contribution in [0.4, 0.5) is 0 Å². The minimum atomic E-state index is -1.17. The molecule has 1 N–H and O–H groups in total. The molecule has 0 saturated heterocycles. The monoisotopic (exact) mass is 267 g/mol. The van der Waals surface area contributed by atoms with Gasteiger partial charge in [-0.2, -0.15) is 0 Å². The molecule has 0 saturated carbocycles. The molecule has 0 aliphatic rings. The fraction of sp³-hybridized carbons (Fsp3) is 0.500. The lowest BCUT2D eigenvalue weighted by atomic mass is 10.2. The molecule has 3 nitrogen and oxygen atoms in total. The van der Waals surface area contributed by atoms with Gasteiger partial charge in [0.1, 0.15) is 5.25 Å². The van der Waals surface area contributed by atoms with E-state index in [0.717, 1.165) is 12.0 Å². The van der Waals surface area contributed by atoms with Gasteiger partial charge >= 0.3 is 0 Å². The minimum absolute atomic E-state index is 0.123. The Hall–Kier alpha value is -1.16. The summed E-state index contributed by atoms with van der Waals surface area (Å²) < 4.78 is 12.1. The van der Waals surface area contributed by atoms with Crippen molar-refractivity contribution in [1.82, 2.24) is 5.32 Å². The summed E-state index contributed by atoms with van der Waals surface area (Å²) in [7, 11) is -1.17. The first-order chi connectivity index (χ1) is 8.54. The second-order valence-electron chi connectivity index (χ2n) is 4.44. The molecule has 0 fully saturated rings. The Morgan fingerprint density at radius 2 is 1.94 bits per heavy atom. The topological polar surface area (TPSA) is 46.2 Å². The zero-order valence-corrected chi connectivity index (χ0v) is 12.0. The number of aryl methyl sites for hydroxylation is 1. The average molecular weight is 267 g/mol. The summed E-state index contributed by atoms with van der Waals surface area (Å²) in [6, 6.07) is 7.91. The predicted octanol–water partition coefficient (Wildman–Crippen LogP) is 2.16. The molecule has 0 bridgehead atoms. The van der Waals surface area contributed by atoms with Crippen molar-refractivity contribution in [3.8, 4) is 0 Å². The van der Waals surface area contributed by atoms with E-state index in [-0.39, 0.29) is 5.91 Å². The number of rotatable bonds is 6. The maximum atomic E-state index is 12.1. The second kappa shape index (κ2) is 7.31. The number of nitrogens with one attached hydrogen (secondary N) is 1. The maximum absolute atomic E-state index is 12.1. The molecular weight excluding hydrogens is 246 g/mol. The van der Waals surface area contributed by atoms with E-state index in [4.69, 9.17) is 0 Å². The van der Waals surface area contributed by atoms with Crippen LogP contribution in [0.15, 0.2) is 24.3 Å². The van der Waals surface area contributed by atoms with E-state index in [1.807, 2.05) is 38.1 Å². The van der Waals surface area contributed by atoms with Crippen molar-refractivity contribution < 1.29 is 9.00 Å². The van der Waals surface area contributed by atoms with Crippen LogP contribution in [0.2, 0.25) is 0 Å². The van der Waals surface area contributed by atoms with E-state index in [9.17, 15) is 9.00 Å². The van der Waals surface area contributed by atoms with Crippen molar-refractivity contribution in [3.63, 3.8) is 0 Å². The number of benzene rings is 1. The smallest absolute Gasteiger partial charge is 0.235 e.